The first kappa shape index (κ1) is 20.8. The number of nitrogens with one attached hydrogen (secondary N) is 1. The predicted octanol–water partition coefficient (Wildman–Crippen LogP) is 5.76. The summed E-state index contributed by atoms with van der Waals surface area (Å²) in [6.07, 6.45) is -3.59. The molecule has 1 saturated carbocycles. The summed E-state index contributed by atoms with van der Waals surface area (Å²) in [6, 6.07) is 14.8. The largest absolute Gasteiger partial charge is 0.504 e. The van der Waals surface area contributed by atoms with Crippen molar-refractivity contribution in [2.24, 2.45) is 0 Å². The summed E-state index contributed by atoms with van der Waals surface area (Å²) in [7, 11) is 0. The molecule has 0 aromatic heterocycles. The molecular weight excluding hydrogens is 407 g/mol. The number of anilines is 1. The molecule has 0 saturated heterocycles. The Labute approximate surface area is 177 Å². The minimum atomic E-state index is -4.57. The highest BCUT2D eigenvalue weighted by Crippen LogP contribution is 2.50. The van der Waals surface area contributed by atoms with Crippen LogP contribution in [-0.4, -0.2) is 16.1 Å². The molecule has 160 valence electrons. The average molecular weight is 427 g/mol. The topological polar surface area (TPSA) is 69.6 Å². The van der Waals surface area contributed by atoms with Gasteiger partial charge < -0.3 is 15.5 Å². The second-order valence-corrected chi connectivity index (χ2v) is 7.85. The minimum absolute atomic E-state index is 0.0485. The Morgan fingerprint density at radius 3 is 2.29 bits per heavy atom. The van der Waals surface area contributed by atoms with Crippen LogP contribution in [0.15, 0.2) is 60.7 Å². The molecule has 0 atom stereocenters. The molecule has 0 aliphatic heterocycles. The molecule has 31 heavy (non-hydrogen) atoms. The van der Waals surface area contributed by atoms with E-state index in [4.69, 9.17) is 0 Å². The van der Waals surface area contributed by atoms with Crippen LogP contribution in [0, 0.1) is 6.92 Å². The van der Waals surface area contributed by atoms with Crippen LogP contribution in [-0.2, 0) is 16.4 Å². The summed E-state index contributed by atoms with van der Waals surface area (Å²) in [6.45, 7) is 1.81. The van der Waals surface area contributed by atoms with E-state index in [0.717, 1.165) is 17.7 Å². The maximum atomic E-state index is 13.5. The van der Waals surface area contributed by atoms with Gasteiger partial charge in [-0.25, -0.2) is 0 Å². The molecule has 3 aromatic carbocycles. The summed E-state index contributed by atoms with van der Waals surface area (Å²) < 4.78 is 40.6. The molecule has 4 nitrogen and oxygen atoms in total. The van der Waals surface area contributed by atoms with E-state index in [2.05, 4.69) is 5.32 Å². The lowest BCUT2D eigenvalue weighted by molar-refractivity contribution is -0.137. The Morgan fingerprint density at radius 1 is 0.968 bits per heavy atom. The third kappa shape index (κ3) is 3.95. The Morgan fingerprint density at radius 2 is 1.68 bits per heavy atom. The summed E-state index contributed by atoms with van der Waals surface area (Å²) >= 11 is 0. The fraction of sp³-hybridized carbons (Fsp3) is 0.208. The van der Waals surface area contributed by atoms with Gasteiger partial charge in [-0.3, -0.25) is 4.79 Å². The van der Waals surface area contributed by atoms with Gasteiger partial charge in [0.05, 0.1) is 11.0 Å². The smallest absolute Gasteiger partial charge is 0.416 e. The number of benzene rings is 3. The SMILES string of the molecule is Cc1ccccc1-c1cc(NC(=O)C2(c3ccc(O)c(O)c3)CC2)cc(C(F)(F)F)c1. The van der Waals surface area contributed by atoms with Crippen LogP contribution < -0.4 is 5.32 Å². The monoisotopic (exact) mass is 427 g/mol. The molecule has 1 amide bonds. The second-order valence-electron chi connectivity index (χ2n) is 7.85. The van der Waals surface area contributed by atoms with Gasteiger partial charge in [-0.2, -0.15) is 13.2 Å². The molecule has 0 radical (unpaired) electrons. The van der Waals surface area contributed by atoms with Crippen LogP contribution in [0.4, 0.5) is 18.9 Å². The standard InChI is InChI=1S/C24H20F3NO3/c1-14-4-2-3-5-19(14)15-10-17(24(25,26)27)12-18(11-15)28-22(31)23(8-9-23)16-6-7-20(29)21(30)13-16/h2-7,10-13,29-30H,8-9H2,1H3,(H,28,31). The van der Waals surface area contributed by atoms with Crippen LogP contribution >= 0.6 is 0 Å². The number of carbonyl (C=O) groups excluding carboxylic acids is 1. The molecule has 7 heteroatoms. The zero-order valence-electron chi connectivity index (χ0n) is 16.6. The molecule has 1 fully saturated rings. The predicted molar refractivity (Wildman–Crippen MR) is 111 cm³/mol. The van der Waals surface area contributed by atoms with Crippen molar-refractivity contribution in [1.29, 1.82) is 0 Å². The number of phenols is 2. The quantitative estimate of drug-likeness (QED) is 0.464. The highest BCUT2D eigenvalue weighted by molar-refractivity contribution is 6.02. The van der Waals surface area contributed by atoms with Crippen molar-refractivity contribution in [2.75, 3.05) is 5.32 Å². The normalized spacial score (nSPS) is 14.8. The molecule has 0 heterocycles. The lowest BCUT2D eigenvalue weighted by Gasteiger charge is -2.18. The van der Waals surface area contributed by atoms with Gasteiger partial charge in [-0.05, 0) is 72.4 Å². The lowest BCUT2D eigenvalue weighted by Crippen LogP contribution is -2.28. The highest BCUT2D eigenvalue weighted by Gasteiger charge is 2.51. The van der Waals surface area contributed by atoms with Gasteiger partial charge in [0, 0.05) is 5.69 Å². The number of rotatable bonds is 4. The van der Waals surface area contributed by atoms with Crippen LogP contribution in [0.3, 0.4) is 0 Å². The summed E-state index contributed by atoms with van der Waals surface area (Å²) in [4.78, 5) is 13.0. The van der Waals surface area contributed by atoms with Gasteiger partial charge >= 0.3 is 6.18 Å². The Hall–Kier alpha value is -3.48. The summed E-state index contributed by atoms with van der Waals surface area (Å²) in [5.74, 6) is -1.11. The Balaban J connectivity index is 1.71. The lowest BCUT2D eigenvalue weighted by atomic mass is 9.94. The van der Waals surface area contributed by atoms with E-state index >= 15 is 0 Å². The van der Waals surface area contributed by atoms with E-state index in [0.29, 0.717) is 29.5 Å². The number of hydrogen-bond donors (Lipinski definition) is 3. The number of halogens is 3. The van der Waals surface area contributed by atoms with Crippen molar-refractivity contribution in [2.45, 2.75) is 31.4 Å². The van der Waals surface area contributed by atoms with Crippen molar-refractivity contribution in [3.63, 3.8) is 0 Å². The zero-order chi connectivity index (χ0) is 22.4. The van der Waals surface area contributed by atoms with E-state index in [1.54, 1.807) is 18.2 Å². The molecule has 4 rings (SSSR count). The molecule has 3 N–H and O–H groups in total. The first-order valence-electron chi connectivity index (χ1n) is 9.72. The average Bonchev–Trinajstić information content (AvgIpc) is 3.51. The van der Waals surface area contributed by atoms with Gasteiger partial charge in [-0.1, -0.05) is 30.3 Å². The van der Waals surface area contributed by atoms with Crippen molar-refractivity contribution in [3.05, 3.63) is 77.4 Å². The first-order chi connectivity index (χ1) is 14.6. The summed E-state index contributed by atoms with van der Waals surface area (Å²) in [5, 5.41) is 21.9. The van der Waals surface area contributed by atoms with E-state index < -0.39 is 23.1 Å². The van der Waals surface area contributed by atoms with Crippen molar-refractivity contribution in [3.8, 4) is 22.6 Å². The van der Waals surface area contributed by atoms with E-state index in [1.165, 1.54) is 24.3 Å². The number of aryl methyl sites for hydroxylation is 1. The fourth-order valence-corrected chi connectivity index (χ4v) is 3.76. The third-order valence-electron chi connectivity index (χ3n) is 5.69. The maximum absolute atomic E-state index is 13.5. The molecule has 0 spiro atoms. The van der Waals surface area contributed by atoms with Crippen LogP contribution in [0.25, 0.3) is 11.1 Å². The maximum Gasteiger partial charge on any atom is 0.416 e. The van der Waals surface area contributed by atoms with Crippen molar-refractivity contribution < 1.29 is 28.2 Å². The van der Waals surface area contributed by atoms with Crippen LogP contribution in [0.5, 0.6) is 11.5 Å². The Kier molecular flexibility index (Phi) is 4.92. The number of hydrogen-bond acceptors (Lipinski definition) is 3. The number of carbonyl (C=O) groups is 1. The van der Waals surface area contributed by atoms with E-state index in [1.807, 2.05) is 13.0 Å². The Bertz CT molecular complexity index is 1170. The molecular formula is C24H20F3NO3. The van der Waals surface area contributed by atoms with Crippen molar-refractivity contribution in [1.82, 2.24) is 0 Å². The van der Waals surface area contributed by atoms with Gasteiger partial charge in [0.15, 0.2) is 11.5 Å². The van der Waals surface area contributed by atoms with Gasteiger partial charge in [0.25, 0.3) is 0 Å². The number of aromatic hydroxyl groups is 2. The molecule has 0 unspecified atom stereocenters. The number of phenolic OH excluding ortho intramolecular Hbond substituents is 2. The minimum Gasteiger partial charge on any atom is -0.504 e. The molecule has 1 aliphatic rings. The highest BCUT2D eigenvalue weighted by atomic mass is 19.4. The van der Waals surface area contributed by atoms with Gasteiger partial charge in [-0.15, -0.1) is 0 Å². The molecule has 0 bridgehead atoms. The number of alkyl halides is 3. The second kappa shape index (κ2) is 7.34. The van der Waals surface area contributed by atoms with Gasteiger partial charge in [0.1, 0.15) is 0 Å². The third-order valence-corrected chi connectivity index (χ3v) is 5.69. The summed E-state index contributed by atoms with van der Waals surface area (Å²) in [5.41, 5.74) is 0.582. The van der Waals surface area contributed by atoms with Crippen LogP contribution in [0.2, 0.25) is 0 Å². The van der Waals surface area contributed by atoms with Gasteiger partial charge in [0.2, 0.25) is 5.91 Å². The number of amides is 1. The van der Waals surface area contributed by atoms with Crippen molar-refractivity contribution >= 4 is 11.6 Å². The molecule has 3 aromatic rings. The first-order valence-corrected chi connectivity index (χ1v) is 9.72. The zero-order valence-corrected chi connectivity index (χ0v) is 16.6. The van der Waals surface area contributed by atoms with E-state index in [9.17, 15) is 28.2 Å². The van der Waals surface area contributed by atoms with Crippen LogP contribution in [0.1, 0.15) is 29.5 Å². The van der Waals surface area contributed by atoms with E-state index in [-0.39, 0.29) is 17.2 Å². The fourth-order valence-electron chi connectivity index (χ4n) is 3.76. The molecule has 1 aliphatic carbocycles.